The summed E-state index contributed by atoms with van der Waals surface area (Å²) in [4.78, 5) is 3.67. The Morgan fingerprint density at radius 3 is 2.29 bits per heavy atom. The van der Waals surface area contributed by atoms with Crippen LogP contribution in [0.1, 0.15) is 20.8 Å². The van der Waals surface area contributed by atoms with Crippen LogP contribution in [0.2, 0.25) is 0 Å². The van der Waals surface area contributed by atoms with Gasteiger partial charge in [-0.1, -0.05) is 6.92 Å². The van der Waals surface area contributed by atoms with Gasteiger partial charge in [0.1, 0.15) is 0 Å². The second-order valence-corrected chi connectivity index (χ2v) is 6.17. The van der Waals surface area contributed by atoms with Crippen LogP contribution in [0.15, 0.2) is 29.2 Å². The Hall–Kier alpha value is -0.670. The van der Waals surface area contributed by atoms with E-state index in [9.17, 15) is 0 Å². The molecular formula is C14H24N2S. The van der Waals surface area contributed by atoms with E-state index in [0.717, 1.165) is 12.3 Å². The second-order valence-electron chi connectivity index (χ2n) is 4.83. The fraction of sp³-hybridized carbons (Fsp3) is 0.571. The number of nitrogens with zero attached hydrogens (tertiary/aromatic N) is 1. The molecule has 0 spiro atoms. The third-order valence-electron chi connectivity index (χ3n) is 3.05. The molecule has 1 aromatic rings. The SMILES string of the molecule is CCSc1ccc(N(C)C(C)(C)CNC)cc1. The summed E-state index contributed by atoms with van der Waals surface area (Å²) in [5, 5.41) is 3.24. The Balaban J connectivity index is 2.78. The van der Waals surface area contributed by atoms with E-state index < -0.39 is 0 Å². The summed E-state index contributed by atoms with van der Waals surface area (Å²) in [6.07, 6.45) is 0. The van der Waals surface area contributed by atoms with Crippen molar-refractivity contribution in [2.24, 2.45) is 0 Å². The van der Waals surface area contributed by atoms with Crippen LogP contribution in [0.4, 0.5) is 5.69 Å². The molecule has 0 heterocycles. The lowest BCUT2D eigenvalue weighted by atomic mass is 10.0. The second kappa shape index (κ2) is 6.31. The van der Waals surface area contributed by atoms with Crippen LogP contribution in [0.3, 0.4) is 0 Å². The van der Waals surface area contributed by atoms with Crippen molar-refractivity contribution < 1.29 is 0 Å². The van der Waals surface area contributed by atoms with Gasteiger partial charge < -0.3 is 10.2 Å². The highest BCUT2D eigenvalue weighted by molar-refractivity contribution is 7.99. The van der Waals surface area contributed by atoms with E-state index in [-0.39, 0.29) is 5.54 Å². The first-order valence-electron chi connectivity index (χ1n) is 6.12. The molecule has 0 aliphatic rings. The summed E-state index contributed by atoms with van der Waals surface area (Å²) in [7, 11) is 4.15. The lowest BCUT2D eigenvalue weighted by Gasteiger charge is -2.37. The van der Waals surface area contributed by atoms with Crippen LogP contribution >= 0.6 is 11.8 Å². The molecule has 96 valence electrons. The summed E-state index contributed by atoms with van der Waals surface area (Å²) in [6, 6.07) is 8.82. The molecule has 0 aromatic heterocycles. The molecule has 0 saturated carbocycles. The molecule has 17 heavy (non-hydrogen) atoms. The highest BCUT2D eigenvalue weighted by Crippen LogP contribution is 2.25. The Labute approximate surface area is 110 Å². The van der Waals surface area contributed by atoms with E-state index in [1.54, 1.807) is 0 Å². The fourth-order valence-corrected chi connectivity index (χ4v) is 2.50. The fourth-order valence-electron chi connectivity index (χ4n) is 1.83. The maximum Gasteiger partial charge on any atom is 0.0466 e. The topological polar surface area (TPSA) is 15.3 Å². The van der Waals surface area contributed by atoms with Gasteiger partial charge in [-0.25, -0.2) is 0 Å². The molecule has 1 rings (SSSR count). The third-order valence-corrected chi connectivity index (χ3v) is 3.95. The average molecular weight is 252 g/mol. The zero-order chi connectivity index (χ0) is 12.9. The predicted octanol–water partition coefficient (Wildman–Crippen LogP) is 3.23. The smallest absolute Gasteiger partial charge is 0.0466 e. The molecule has 0 saturated heterocycles. The number of rotatable bonds is 6. The van der Waals surface area contributed by atoms with E-state index in [4.69, 9.17) is 0 Å². The predicted molar refractivity (Wildman–Crippen MR) is 79.2 cm³/mol. The van der Waals surface area contributed by atoms with Crippen LogP contribution in [-0.2, 0) is 0 Å². The highest BCUT2D eigenvalue weighted by atomic mass is 32.2. The van der Waals surface area contributed by atoms with Crippen molar-refractivity contribution in [3.05, 3.63) is 24.3 Å². The summed E-state index contributed by atoms with van der Waals surface area (Å²) in [5.74, 6) is 1.13. The van der Waals surface area contributed by atoms with E-state index >= 15 is 0 Å². The minimum Gasteiger partial charge on any atom is -0.368 e. The summed E-state index contributed by atoms with van der Waals surface area (Å²) in [6.45, 7) is 7.64. The number of nitrogens with one attached hydrogen (secondary N) is 1. The standard InChI is InChI=1S/C14H24N2S/c1-6-17-13-9-7-12(8-10-13)16(5)14(2,3)11-15-4/h7-10,15H,6,11H2,1-5H3. The largest absolute Gasteiger partial charge is 0.368 e. The molecule has 3 heteroatoms. The van der Waals surface area contributed by atoms with Gasteiger partial charge in [-0.05, 0) is 50.9 Å². The van der Waals surface area contributed by atoms with Crippen LogP contribution in [-0.4, -0.2) is 31.9 Å². The molecule has 0 radical (unpaired) electrons. The number of anilines is 1. The number of thioether (sulfide) groups is 1. The van der Waals surface area contributed by atoms with Crippen molar-refractivity contribution in [3.8, 4) is 0 Å². The van der Waals surface area contributed by atoms with Crippen molar-refractivity contribution in [1.29, 1.82) is 0 Å². The number of hydrogen-bond acceptors (Lipinski definition) is 3. The molecule has 0 bridgehead atoms. The summed E-state index contributed by atoms with van der Waals surface area (Å²) in [5.41, 5.74) is 1.39. The van der Waals surface area contributed by atoms with Crippen molar-refractivity contribution in [3.63, 3.8) is 0 Å². The van der Waals surface area contributed by atoms with Gasteiger partial charge in [0.15, 0.2) is 0 Å². The molecule has 0 atom stereocenters. The number of likely N-dealkylation sites (N-methyl/N-ethyl adjacent to an activating group) is 2. The van der Waals surface area contributed by atoms with E-state index in [0.29, 0.717) is 0 Å². The van der Waals surface area contributed by atoms with E-state index in [2.05, 4.69) is 62.3 Å². The van der Waals surface area contributed by atoms with Gasteiger partial charge in [-0.3, -0.25) is 0 Å². The van der Waals surface area contributed by atoms with Gasteiger partial charge in [0, 0.05) is 29.7 Å². The first kappa shape index (κ1) is 14.4. The van der Waals surface area contributed by atoms with Crippen molar-refractivity contribution in [1.82, 2.24) is 5.32 Å². The van der Waals surface area contributed by atoms with Crippen LogP contribution in [0.5, 0.6) is 0 Å². The Morgan fingerprint density at radius 2 is 1.82 bits per heavy atom. The zero-order valence-electron chi connectivity index (χ0n) is 11.6. The van der Waals surface area contributed by atoms with Gasteiger partial charge in [0.05, 0.1) is 0 Å². The monoisotopic (exact) mass is 252 g/mol. The van der Waals surface area contributed by atoms with Gasteiger partial charge in [0.2, 0.25) is 0 Å². The third kappa shape index (κ3) is 3.93. The first-order chi connectivity index (χ1) is 8.01. The molecule has 0 aliphatic heterocycles. The van der Waals surface area contributed by atoms with Crippen molar-refractivity contribution in [2.75, 3.05) is 31.3 Å². The Kier molecular flexibility index (Phi) is 5.34. The maximum absolute atomic E-state index is 3.24. The van der Waals surface area contributed by atoms with Gasteiger partial charge in [-0.2, -0.15) is 0 Å². The number of hydrogen-bond donors (Lipinski definition) is 1. The summed E-state index contributed by atoms with van der Waals surface area (Å²) >= 11 is 1.88. The van der Waals surface area contributed by atoms with Crippen molar-refractivity contribution >= 4 is 17.4 Å². The van der Waals surface area contributed by atoms with Crippen LogP contribution in [0.25, 0.3) is 0 Å². The maximum atomic E-state index is 3.24. The first-order valence-corrected chi connectivity index (χ1v) is 7.11. The molecule has 0 fully saturated rings. The van der Waals surface area contributed by atoms with Gasteiger partial charge in [-0.15, -0.1) is 11.8 Å². The lowest BCUT2D eigenvalue weighted by molar-refractivity contribution is 0.463. The zero-order valence-corrected chi connectivity index (χ0v) is 12.4. The minimum atomic E-state index is 0.119. The normalized spacial score (nSPS) is 11.6. The lowest BCUT2D eigenvalue weighted by Crippen LogP contribution is -2.48. The van der Waals surface area contributed by atoms with Crippen LogP contribution < -0.4 is 10.2 Å². The molecule has 1 N–H and O–H groups in total. The molecule has 0 amide bonds. The molecule has 0 unspecified atom stereocenters. The summed E-state index contributed by atoms with van der Waals surface area (Å²) < 4.78 is 0. The van der Waals surface area contributed by atoms with Crippen LogP contribution in [0, 0.1) is 0 Å². The average Bonchev–Trinajstić information content (AvgIpc) is 2.29. The van der Waals surface area contributed by atoms with E-state index in [1.807, 2.05) is 18.8 Å². The minimum absolute atomic E-state index is 0.119. The Bertz CT molecular complexity index is 333. The molecule has 1 aromatic carbocycles. The molecule has 0 aliphatic carbocycles. The number of benzene rings is 1. The van der Waals surface area contributed by atoms with E-state index in [1.165, 1.54) is 10.6 Å². The van der Waals surface area contributed by atoms with Gasteiger partial charge in [0.25, 0.3) is 0 Å². The molecule has 2 nitrogen and oxygen atoms in total. The quantitative estimate of drug-likeness (QED) is 0.783. The molecular weight excluding hydrogens is 228 g/mol. The Morgan fingerprint density at radius 1 is 1.24 bits per heavy atom. The van der Waals surface area contributed by atoms with Crippen molar-refractivity contribution in [2.45, 2.75) is 31.2 Å². The highest BCUT2D eigenvalue weighted by Gasteiger charge is 2.22. The van der Waals surface area contributed by atoms with Gasteiger partial charge >= 0.3 is 0 Å².